The molecule has 0 aliphatic heterocycles. The van der Waals surface area contributed by atoms with Gasteiger partial charge in [-0.3, -0.25) is 0 Å². The van der Waals surface area contributed by atoms with Crippen molar-refractivity contribution in [3.8, 4) is 11.5 Å². The van der Waals surface area contributed by atoms with Gasteiger partial charge in [-0.05, 0) is 42.9 Å². The summed E-state index contributed by atoms with van der Waals surface area (Å²) in [6, 6.07) is 10.4. The monoisotopic (exact) mass is 407 g/mol. The summed E-state index contributed by atoms with van der Waals surface area (Å²) in [7, 11) is 0. The highest BCUT2D eigenvalue weighted by molar-refractivity contribution is 6.30. The molecule has 1 aromatic carbocycles. The quantitative estimate of drug-likeness (QED) is 0.428. The summed E-state index contributed by atoms with van der Waals surface area (Å²) >= 11 is 6.54. The first-order chi connectivity index (χ1) is 14.1. The summed E-state index contributed by atoms with van der Waals surface area (Å²) < 4.78 is 15.8. The summed E-state index contributed by atoms with van der Waals surface area (Å²) in [4.78, 5) is 13.6. The number of benzene rings is 1. The third-order valence-electron chi connectivity index (χ3n) is 5.84. The van der Waals surface area contributed by atoms with E-state index in [9.17, 15) is 4.39 Å². The van der Waals surface area contributed by atoms with Gasteiger partial charge in [0.1, 0.15) is 16.7 Å². The third kappa shape index (κ3) is 3.08. The standard InChI is InChI=1S/C22H19ClFN5/c1-2-22(9-10-22)16-12-26-20(27-19(16)23)18-15-7-5-11-25-21(15)29(28-18)13-14-6-3-4-8-17(14)24/h3-8,11-12H,2,9-10,13H2,1H3. The van der Waals surface area contributed by atoms with Gasteiger partial charge in [0, 0.05) is 23.5 Å². The minimum atomic E-state index is -0.272. The number of fused-ring (bicyclic) bond motifs is 1. The van der Waals surface area contributed by atoms with Crippen molar-refractivity contribution in [1.82, 2.24) is 24.7 Å². The van der Waals surface area contributed by atoms with E-state index < -0.39 is 0 Å². The molecule has 5 rings (SSSR count). The van der Waals surface area contributed by atoms with Crippen LogP contribution in [-0.4, -0.2) is 24.7 Å². The van der Waals surface area contributed by atoms with Crippen LogP contribution in [0.25, 0.3) is 22.6 Å². The SMILES string of the molecule is CCC1(c2cnc(-c3nn(Cc4ccccc4F)c4ncccc34)nc2Cl)CC1. The van der Waals surface area contributed by atoms with Crippen LogP contribution in [0.5, 0.6) is 0 Å². The van der Waals surface area contributed by atoms with Crippen LogP contribution in [0.3, 0.4) is 0 Å². The lowest BCUT2D eigenvalue weighted by Gasteiger charge is -2.13. The van der Waals surface area contributed by atoms with Crippen LogP contribution in [0, 0.1) is 5.82 Å². The highest BCUT2D eigenvalue weighted by atomic mass is 35.5. The normalized spacial score (nSPS) is 15.0. The van der Waals surface area contributed by atoms with Crippen molar-refractivity contribution in [2.24, 2.45) is 0 Å². The van der Waals surface area contributed by atoms with E-state index in [0.29, 0.717) is 27.9 Å². The van der Waals surface area contributed by atoms with Crippen LogP contribution in [0.15, 0.2) is 48.8 Å². The number of rotatable bonds is 5. The Bertz CT molecular complexity index is 1220. The summed E-state index contributed by atoms with van der Waals surface area (Å²) in [5, 5.41) is 5.96. The number of hydrogen-bond donors (Lipinski definition) is 0. The highest BCUT2D eigenvalue weighted by Crippen LogP contribution is 2.52. The Morgan fingerprint density at radius 1 is 1.14 bits per heavy atom. The minimum Gasteiger partial charge on any atom is -0.242 e. The van der Waals surface area contributed by atoms with Crippen LogP contribution < -0.4 is 0 Å². The van der Waals surface area contributed by atoms with Crippen LogP contribution in [-0.2, 0) is 12.0 Å². The molecule has 7 heteroatoms. The Labute approximate surface area is 172 Å². The van der Waals surface area contributed by atoms with Crippen molar-refractivity contribution in [3.05, 3.63) is 70.9 Å². The molecule has 3 aromatic heterocycles. The second-order valence-corrected chi connectivity index (χ2v) is 7.86. The van der Waals surface area contributed by atoms with E-state index in [1.807, 2.05) is 24.4 Å². The lowest BCUT2D eigenvalue weighted by Crippen LogP contribution is -2.08. The lowest BCUT2D eigenvalue weighted by molar-refractivity contribution is 0.589. The number of halogens is 2. The van der Waals surface area contributed by atoms with Crippen LogP contribution in [0.4, 0.5) is 4.39 Å². The Kier molecular flexibility index (Phi) is 4.32. The van der Waals surface area contributed by atoms with E-state index in [-0.39, 0.29) is 17.8 Å². The number of aromatic nitrogens is 5. The number of pyridine rings is 1. The fourth-order valence-electron chi connectivity index (χ4n) is 3.87. The molecule has 0 atom stereocenters. The van der Waals surface area contributed by atoms with E-state index in [0.717, 1.165) is 30.2 Å². The molecule has 5 nitrogen and oxygen atoms in total. The molecule has 4 aromatic rings. The van der Waals surface area contributed by atoms with Gasteiger partial charge in [0.15, 0.2) is 11.5 Å². The van der Waals surface area contributed by atoms with Gasteiger partial charge < -0.3 is 0 Å². The minimum absolute atomic E-state index is 0.128. The first kappa shape index (κ1) is 18.2. The van der Waals surface area contributed by atoms with E-state index in [1.165, 1.54) is 6.07 Å². The second kappa shape index (κ2) is 6.88. The third-order valence-corrected chi connectivity index (χ3v) is 6.13. The molecule has 1 aliphatic rings. The zero-order chi connectivity index (χ0) is 20.0. The van der Waals surface area contributed by atoms with E-state index in [1.54, 1.807) is 23.0 Å². The molecule has 1 fully saturated rings. The van der Waals surface area contributed by atoms with Crippen LogP contribution in [0.2, 0.25) is 5.15 Å². The average Bonchev–Trinajstić information content (AvgIpc) is 3.45. The first-order valence-corrected chi connectivity index (χ1v) is 10.1. The zero-order valence-electron chi connectivity index (χ0n) is 15.9. The molecule has 0 radical (unpaired) electrons. The van der Waals surface area contributed by atoms with Crippen molar-refractivity contribution in [3.63, 3.8) is 0 Å². The van der Waals surface area contributed by atoms with Gasteiger partial charge in [-0.15, -0.1) is 0 Å². The maximum Gasteiger partial charge on any atom is 0.182 e. The summed E-state index contributed by atoms with van der Waals surface area (Å²) in [5.41, 5.74) is 2.94. The van der Waals surface area contributed by atoms with Crippen molar-refractivity contribution in [2.45, 2.75) is 38.1 Å². The summed E-state index contributed by atoms with van der Waals surface area (Å²) in [6.45, 7) is 2.44. The van der Waals surface area contributed by atoms with E-state index in [4.69, 9.17) is 11.6 Å². The molecular formula is C22H19ClFN5. The molecule has 29 heavy (non-hydrogen) atoms. The van der Waals surface area contributed by atoms with Crippen molar-refractivity contribution < 1.29 is 4.39 Å². The molecule has 0 amide bonds. The molecule has 0 saturated heterocycles. The fraction of sp³-hybridized carbons (Fsp3) is 0.273. The largest absolute Gasteiger partial charge is 0.242 e. The van der Waals surface area contributed by atoms with Gasteiger partial charge >= 0.3 is 0 Å². The average molecular weight is 408 g/mol. The molecule has 146 valence electrons. The van der Waals surface area contributed by atoms with Gasteiger partial charge in [-0.25, -0.2) is 24.0 Å². The Hall–Kier alpha value is -2.86. The highest BCUT2D eigenvalue weighted by Gasteiger charge is 2.44. The lowest BCUT2D eigenvalue weighted by atomic mass is 9.96. The second-order valence-electron chi connectivity index (χ2n) is 7.50. The zero-order valence-corrected chi connectivity index (χ0v) is 16.7. The molecule has 1 aliphatic carbocycles. The predicted octanol–water partition coefficient (Wildman–Crippen LogP) is 5.17. The molecular weight excluding hydrogens is 389 g/mol. The maximum absolute atomic E-state index is 14.1. The summed E-state index contributed by atoms with van der Waals surface area (Å²) in [5.74, 6) is 0.183. The van der Waals surface area contributed by atoms with Gasteiger partial charge in [-0.2, -0.15) is 5.10 Å². The van der Waals surface area contributed by atoms with Crippen LogP contribution >= 0.6 is 11.6 Å². The fourth-order valence-corrected chi connectivity index (χ4v) is 4.20. The molecule has 0 bridgehead atoms. The summed E-state index contributed by atoms with van der Waals surface area (Å²) in [6.07, 6.45) is 6.80. The molecule has 0 spiro atoms. The molecule has 1 saturated carbocycles. The smallest absolute Gasteiger partial charge is 0.182 e. The van der Waals surface area contributed by atoms with Crippen molar-refractivity contribution in [2.75, 3.05) is 0 Å². The van der Waals surface area contributed by atoms with Gasteiger partial charge in [0.2, 0.25) is 0 Å². The van der Waals surface area contributed by atoms with Crippen LogP contribution in [0.1, 0.15) is 37.3 Å². The van der Waals surface area contributed by atoms with E-state index in [2.05, 4.69) is 27.0 Å². The van der Waals surface area contributed by atoms with Gasteiger partial charge in [-0.1, -0.05) is 36.7 Å². The number of hydrogen-bond acceptors (Lipinski definition) is 4. The first-order valence-electron chi connectivity index (χ1n) is 9.69. The van der Waals surface area contributed by atoms with Crippen molar-refractivity contribution in [1.29, 1.82) is 0 Å². The van der Waals surface area contributed by atoms with E-state index >= 15 is 0 Å². The molecule has 0 N–H and O–H groups in total. The Balaban J connectivity index is 1.59. The van der Waals surface area contributed by atoms with Gasteiger partial charge in [0.05, 0.1) is 11.9 Å². The predicted molar refractivity (Wildman–Crippen MR) is 110 cm³/mol. The van der Waals surface area contributed by atoms with Crippen molar-refractivity contribution >= 4 is 22.6 Å². The maximum atomic E-state index is 14.1. The topological polar surface area (TPSA) is 56.5 Å². The Morgan fingerprint density at radius 2 is 1.97 bits per heavy atom. The number of nitrogens with zero attached hydrogens (tertiary/aromatic N) is 5. The molecule has 0 unspecified atom stereocenters. The Morgan fingerprint density at radius 3 is 2.69 bits per heavy atom. The molecule has 3 heterocycles. The van der Waals surface area contributed by atoms with Gasteiger partial charge in [0.25, 0.3) is 0 Å².